The van der Waals surface area contributed by atoms with E-state index in [2.05, 4.69) is 10.3 Å². The number of hydrogen-bond acceptors (Lipinski definition) is 3. The number of nitrogens with one attached hydrogen (secondary N) is 1. The minimum Gasteiger partial charge on any atom is -0.346 e. The lowest BCUT2D eigenvalue weighted by atomic mass is 10.2. The summed E-state index contributed by atoms with van der Waals surface area (Å²) in [6.07, 6.45) is 0. The van der Waals surface area contributed by atoms with Crippen LogP contribution < -0.4 is 5.32 Å². The van der Waals surface area contributed by atoms with Crippen molar-refractivity contribution >= 4 is 27.5 Å². The van der Waals surface area contributed by atoms with Crippen LogP contribution in [0.4, 0.5) is 17.6 Å². The molecule has 2 aromatic carbocycles. The van der Waals surface area contributed by atoms with Crippen LogP contribution in [-0.2, 0) is 6.54 Å². The molecule has 118 valence electrons. The highest BCUT2D eigenvalue weighted by Gasteiger charge is 2.17. The first-order chi connectivity index (χ1) is 11.0. The lowest BCUT2D eigenvalue weighted by Gasteiger charge is -2.02. The van der Waals surface area contributed by atoms with Crippen LogP contribution in [0.5, 0.6) is 0 Å². The van der Waals surface area contributed by atoms with Gasteiger partial charge in [-0.3, -0.25) is 4.79 Å². The van der Waals surface area contributed by atoms with Crippen LogP contribution in [-0.4, -0.2) is 10.9 Å². The van der Waals surface area contributed by atoms with Crippen LogP contribution in [0.2, 0.25) is 0 Å². The third-order valence-electron chi connectivity index (χ3n) is 3.07. The van der Waals surface area contributed by atoms with E-state index in [4.69, 9.17) is 0 Å². The third-order valence-corrected chi connectivity index (χ3v) is 4.13. The van der Waals surface area contributed by atoms with E-state index < -0.39 is 34.7 Å². The molecular formula is C15H8F4N2OS. The van der Waals surface area contributed by atoms with Crippen molar-refractivity contribution in [1.29, 1.82) is 0 Å². The number of rotatable bonds is 3. The molecule has 0 fully saturated rings. The molecule has 0 aliphatic heterocycles. The summed E-state index contributed by atoms with van der Waals surface area (Å²) in [6.45, 7) is -0.0872. The van der Waals surface area contributed by atoms with E-state index in [-0.39, 0.29) is 21.8 Å². The van der Waals surface area contributed by atoms with Crippen molar-refractivity contribution in [2.45, 2.75) is 6.54 Å². The Kier molecular flexibility index (Phi) is 3.99. The Balaban J connectivity index is 1.79. The van der Waals surface area contributed by atoms with Crippen molar-refractivity contribution in [1.82, 2.24) is 10.3 Å². The normalized spacial score (nSPS) is 11.0. The van der Waals surface area contributed by atoms with Crippen LogP contribution >= 0.6 is 11.3 Å². The van der Waals surface area contributed by atoms with Crippen molar-refractivity contribution in [3.63, 3.8) is 0 Å². The van der Waals surface area contributed by atoms with Gasteiger partial charge in [0.25, 0.3) is 5.91 Å². The van der Waals surface area contributed by atoms with Gasteiger partial charge in [-0.05, 0) is 24.3 Å². The Hall–Kier alpha value is -2.48. The molecule has 0 spiro atoms. The average Bonchev–Trinajstić information content (AvgIpc) is 2.96. The molecular weight excluding hydrogens is 332 g/mol. The molecule has 3 rings (SSSR count). The van der Waals surface area contributed by atoms with Gasteiger partial charge >= 0.3 is 0 Å². The number of halogens is 4. The maximum Gasteiger partial charge on any atom is 0.251 e. The summed E-state index contributed by atoms with van der Waals surface area (Å²) in [4.78, 5) is 15.7. The smallest absolute Gasteiger partial charge is 0.251 e. The summed E-state index contributed by atoms with van der Waals surface area (Å²) in [7, 11) is 0. The van der Waals surface area contributed by atoms with Gasteiger partial charge in [0.05, 0.1) is 11.2 Å². The lowest BCUT2D eigenvalue weighted by Crippen LogP contribution is -2.22. The highest BCUT2D eigenvalue weighted by Crippen LogP contribution is 2.28. The van der Waals surface area contributed by atoms with Crippen molar-refractivity contribution in [2.24, 2.45) is 0 Å². The van der Waals surface area contributed by atoms with Gasteiger partial charge in [-0.1, -0.05) is 0 Å². The lowest BCUT2D eigenvalue weighted by molar-refractivity contribution is 0.0951. The van der Waals surface area contributed by atoms with E-state index in [1.54, 1.807) is 0 Å². The molecule has 1 heterocycles. The second kappa shape index (κ2) is 5.96. The first kappa shape index (κ1) is 15.4. The average molecular weight is 340 g/mol. The molecule has 0 atom stereocenters. The fourth-order valence-electron chi connectivity index (χ4n) is 1.96. The summed E-state index contributed by atoms with van der Waals surface area (Å²) in [5, 5.41) is 2.72. The Morgan fingerprint density at radius 3 is 2.48 bits per heavy atom. The number of nitrogens with zero attached hydrogens (tertiary/aromatic N) is 1. The number of amides is 1. The zero-order chi connectivity index (χ0) is 16.6. The van der Waals surface area contributed by atoms with Crippen molar-refractivity contribution in [2.75, 3.05) is 0 Å². The molecule has 1 amide bonds. The molecule has 3 nitrogen and oxygen atoms in total. The molecule has 0 saturated heterocycles. The van der Waals surface area contributed by atoms with E-state index in [1.807, 2.05) is 0 Å². The van der Waals surface area contributed by atoms with Gasteiger partial charge in [0.2, 0.25) is 0 Å². The molecule has 0 radical (unpaired) electrons. The van der Waals surface area contributed by atoms with E-state index in [0.717, 1.165) is 23.5 Å². The van der Waals surface area contributed by atoms with Gasteiger partial charge in [0.1, 0.15) is 22.2 Å². The zero-order valence-corrected chi connectivity index (χ0v) is 12.2. The summed E-state index contributed by atoms with van der Waals surface area (Å²) < 4.78 is 53.0. The Morgan fingerprint density at radius 1 is 1.09 bits per heavy atom. The molecule has 0 aliphatic carbocycles. The molecule has 8 heteroatoms. The molecule has 3 aromatic rings. The van der Waals surface area contributed by atoms with Gasteiger partial charge in [0.15, 0.2) is 11.6 Å². The molecule has 0 aliphatic rings. The summed E-state index contributed by atoms with van der Waals surface area (Å²) in [6, 6.07) is 5.34. The molecule has 0 bridgehead atoms. The van der Waals surface area contributed by atoms with Gasteiger partial charge < -0.3 is 5.32 Å². The van der Waals surface area contributed by atoms with Crippen molar-refractivity contribution in [3.8, 4) is 0 Å². The second-order valence-electron chi connectivity index (χ2n) is 4.63. The van der Waals surface area contributed by atoms with E-state index in [1.165, 1.54) is 12.1 Å². The predicted molar refractivity (Wildman–Crippen MR) is 77.1 cm³/mol. The number of carbonyl (C=O) groups is 1. The summed E-state index contributed by atoms with van der Waals surface area (Å²) >= 11 is 0.819. The molecule has 1 aromatic heterocycles. The maximum atomic E-state index is 13.6. The maximum absolute atomic E-state index is 13.6. The number of aromatic nitrogens is 1. The van der Waals surface area contributed by atoms with Crippen LogP contribution in [0.25, 0.3) is 10.2 Å². The quantitative estimate of drug-likeness (QED) is 0.582. The fraction of sp³-hybridized carbons (Fsp3) is 0.0667. The van der Waals surface area contributed by atoms with Gasteiger partial charge in [-0.2, -0.15) is 0 Å². The summed E-state index contributed by atoms with van der Waals surface area (Å²) in [5.41, 5.74) is -0.172. The Labute approximate surface area is 131 Å². The predicted octanol–water partition coefficient (Wildman–Crippen LogP) is 3.78. The molecule has 0 saturated carbocycles. The largest absolute Gasteiger partial charge is 0.346 e. The third kappa shape index (κ3) is 3.02. The molecule has 23 heavy (non-hydrogen) atoms. The van der Waals surface area contributed by atoms with Crippen molar-refractivity contribution in [3.05, 3.63) is 64.2 Å². The Bertz CT molecular complexity index is 893. The number of hydrogen-bond donors (Lipinski definition) is 1. The molecule has 1 N–H and O–H groups in total. The SMILES string of the molecule is O=C(NCc1nc2c(F)c(F)cc(F)c2s1)c1ccc(F)cc1. The highest BCUT2D eigenvalue weighted by molar-refractivity contribution is 7.18. The first-order valence-corrected chi connectivity index (χ1v) is 7.24. The number of benzene rings is 2. The van der Waals surface area contributed by atoms with Gasteiger partial charge in [0, 0.05) is 11.6 Å². The monoisotopic (exact) mass is 340 g/mol. The van der Waals surface area contributed by atoms with Crippen LogP contribution in [0.1, 0.15) is 15.4 Å². The Morgan fingerprint density at radius 2 is 1.78 bits per heavy atom. The number of fused-ring (bicyclic) bond motifs is 1. The summed E-state index contributed by atoms with van der Waals surface area (Å²) in [5.74, 6) is -4.42. The first-order valence-electron chi connectivity index (χ1n) is 6.42. The van der Waals surface area contributed by atoms with Gasteiger partial charge in [-0.25, -0.2) is 22.5 Å². The van der Waals surface area contributed by atoms with Crippen molar-refractivity contribution < 1.29 is 22.4 Å². The van der Waals surface area contributed by atoms with Crippen LogP contribution in [0.3, 0.4) is 0 Å². The minimum absolute atomic E-state index is 0.0872. The topological polar surface area (TPSA) is 42.0 Å². The number of carbonyl (C=O) groups excluding carboxylic acids is 1. The van der Waals surface area contributed by atoms with Crippen LogP contribution in [0.15, 0.2) is 30.3 Å². The molecule has 0 unspecified atom stereocenters. The fourth-order valence-corrected chi connectivity index (χ4v) is 2.87. The van der Waals surface area contributed by atoms with E-state index >= 15 is 0 Å². The number of thiazole rings is 1. The van der Waals surface area contributed by atoms with Gasteiger partial charge in [-0.15, -0.1) is 11.3 Å². The zero-order valence-electron chi connectivity index (χ0n) is 11.4. The highest BCUT2D eigenvalue weighted by atomic mass is 32.1. The standard InChI is InChI=1S/C15H8F4N2OS/c16-8-3-1-7(2-4-8)15(22)20-6-11-21-13-12(19)9(17)5-10(18)14(13)23-11/h1-5H,6H2,(H,20,22). The van der Waals surface area contributed by atoms with Crippen LogP contribution in [0, 0.1) is 23.3 Å². The van der Waals surface area contributed by atoms with E-state index in [9.17, 15) is 22.4 Å². The minimum atomic E-state index is -1.32. The van der Waals surface area contributed by atoms with E-state index in [0.29, 0.717) is 6.07 Å². The second-order valence-corrected chi connectivity index (χ2v) is 5.71.